The maximum atomic E-state index is 14.5. The normalized spacial score (nSPS) is 18.8. The number of benzene rings is 2. The molecule has 1 aliphatic heterocycles. The largest absolute Gasteiger partial charge is 0.573 e. The summed E-state index contributed by atoms with van der Waals surface area (Å²) in [7, 11) is 1.20. The van der Waals surface area contributed by atoms with Crippen molar-refractivity contribution < 1.29 is 41.1 Å². The van der Waals surface area contributed by atoms with Gasteiger partial charge in [0.1, 0.15) is 23.0 Å². The van der Waals surface area contributed by atoms with Crippen LogP contribution in [0.3, 0.4) is 0 Å². The molecule has 0 amide bonds. The number of hydrogen-bond acceptors (Lipinski definition) is 9. The highest BCUT2D eigenvalue weighted by Crippen LogP contribution is 2.46. The van der Waals surface area contributed by atoms with E-state index in [0.29, 0.717) is 47.7 Å². The number of ether oxygens (including phenoxy) is 3. The number of halogens is 4. The van der Waals surface area contributed by atoms with E-state index < -0.39 is 18.1 Å². The molecular weight excluding hydrogens is 602 g/mol. The number of carbonyl (C=O) groups excluding carboxylic acids is 1. The fraction of sp³-hybridized carbons (Fsp3) is 0.387. The molecule has 2 atom stereocenters. The lowest BCUT2D eigenvalue weighted by atomic mass is 10.0. The summed E-state index contributed by atoms with van der Waals surface area (Å²) in [6.45, 7) is 2.90. The molecule has 0 bridgehead atoms. The lowest BCUT2D eigenvalue weighted by molar-refractivity contribution is -0.274. The number of thiazole rings is 1. The van der Waals surface area contributed by atoms with Gasteiger partial charge < -0.3 is 23.6 Å². The molecule has 44 heavy (non-hydrogen) atoms. The first-order chi connectivity index (χ1) is 21.1. The number of anilines is 1. The average Bonchev–Trinajstić information content (AvgIpc) is 3.56. The van der Waals surface area contributed by atoms with E-state index in [1.165, 1.54) is 48.8 Å². The maximum Gasteiger partial charge on any atom is 0.573 e. The van der Waals surface area contributed by atoms with Crippen molar-refractivity contribution in [2.45, 2.75) is 63.6 Å². The van der Waals surface area contributed by atoms with E-state index in [0.717, 1.165) is 18.0 Å². The third kappa shape index (κ3) is 6.43. The number of piperidine rings is 1. The van der Waals surface area contributed by atoms with Crippen LogP contribution >= 0.6 is 11.3 Å². The molecule has 0 radical (unpaired) electrons. The van der Waals surface area contributed by atoms with Crippen LogP contribution in [-0.4, -0.2) is 48.3 Å². The van der Waals surface area contributed by atoms with Gasteiger partial charge in [-0.1, -0.05) is 23.4 Å². The maximum absolute atomic E-state index is 14.5. The topological polar surface area (TPSA) is 86.9 Å². The van der Waals surface area contributed by atoms with Crippen molar-refractivity contribution in [3.8, 4) is 28.3 Å². The summed E-state index contributed by atoms with van der Waals surface area (Å²) in [5.41, 5.74) is 2.17. The van der Waals surface area contributed by atoms with Gasteiger partial charge in [-0.25, -0.2) is 14.2 Å². The Morgan fingerprint density at radius 3 is 2.66 bits per heavy atom. The first kappa shape index (κ1) is 30.1. The Morgan fingerprint density at radius 1 is 1.16 bits per heavy atom. The first-order valence-corrected chi connectivity index (χ1v) is 15.0. The van der Waals surface area contributed by atoms with Crippen molar-refractivity contribution in [1.82, 2.24) is 10.1 Å². The van der Waals surface area contributed by atoms with Crippen LogP contribution in [-0.2, 0) is 16.1 Å². The predicted octanol–water partition coefficient (Wildman–Crippen LogP) is 7.74. The van der Waals surface area contributed by atoms with Crippen molar-refractivity contribution in [2.24, 2.45) is 0 Å². The van der Waals surface area contributed by atoms with Crippen LogP contribution in [0.15, 0.2) is 52.4 Å². The van der Waals surface area contributed by atoms with Gasteiger partial charge in [-0.15, -0.1) is 24.5 Å². The van der Waals surface area contributed by atoms with E-state index in [-0.39, 0.29) is 41.5 Å². The molecular formula is C31H29F4N3O5S. The zero-order chi connectivity index (χ0) is 31.0. The second-order valence-corrected chi connectivity index (χ2v) is 11.7. The molecule has 2 aromatic heterocycles. The molecule has 8 nitrogen and oxygen atoms in total. The van der Waals surface area contributed by atoms with Crippen LogP contribution in [0.25, 0.3) is 22.5 Å². The summed E-state index contributed by atoms with van der Waals surface area (Å²) in [6.07, 6.45) is -1.69. The quantitative estimate of drug-likeness (QED) is 0.137. The average molecular weight is 632 g/mol. The SMILES string of the molecule is COC(=O)c1ccc(-c2csc(N3CC[C@@H](OCc4c(-c5ccccc5OC(F)(F)F)noc4C4CC4)C[C@H]3C)n2)cc1F. The highest BCUT2D eigenvalue weighted by molar-refractivity contribution is 7.14. The molecule has 6 rings (SSSR count). The monoisotopic (exact) mass is 631 g/mol. The number of rotatable bonds is 9. The Kier molecular flexibility index (Phi) is 8.34. The highest BCUT2D eigenvalue weighted by Gasteiger charge is 2.36. The highest BCUT2D eigenvalue weighted by atomic mass is 32.1. The van der Waals surface area contributed by atoms with Crippen molar-refractivity contribution in [1.29, 1.82) is 0 Å². The van der Waals surface area contributed by atoms with Crippen LogP contribution in [0, 0.1) is 5.82 Å². The van der Waals surface area contributed by atoms with Crippen LogP contribution in [0.4, 0.5) is 22.7 Å². The molecule has 3 heterocycles. The van der Waals surface area contributed by atoms with E-state index in [2.05, 4.69) is 26.5 Å². The lowest BCUT2D eigenvalue weighted by Crippen LogP contribution is -2.43. The second kappa shape index (κ2) is 12.2. The molecule has 2 aliphatic rings. The molecule has 2 fully saturated rings. The third-order valence-electron chi connectivity index (χ3n) is 7.83. The number of esters is 1. The Morgan fingerprint density at radius 2 is 1.95 bits per heavy atom. The standard InChI is InChI=1S/C31H29F4N3O5S/c1-17-13-20(11-12-38(17)30-36-25(16-44-30)19-9-10-21(24(32)14-19)29(39)40-2)41-15-23-27(37-43-28(23)18-7-8-18)22-5-3-4-6-26(22)42-31(33,34)35/h3-6,9-10,14,16-18,20H,7-8,11-13,15H2,1-2H3/t17-,20-/m1/s1. The predicted molar refractivity (Wildman–Crippen MR) is 154 cm³/mol. The summed E-state index contributed by atoms with van der Waals surface area (Å²) < 4.78 is 74.6. The van der Waals surface area contributed by atoms with Gasteiger partial charge in [0, 0.05) is 40.6 Å². The van der Waals surface area contributed by atoms with Gasteiger partial charge in [0.25, 0.3) is 0 Å². The van der Waals surface area contributed by atoms with E-state index in [1.54, 1.807) is 12.1 Å². The van der Waals surface area contributed by atoms with E-state index >= 15 is 0 Å². The molecule has 232 valence electrons. The van der Waals surface area contributed by atoms with Gasteiger partial charge in [-0.2, -0.15) is 0 Å². The Hall–Kier alpha value is -3.97. The zero-order valence-electron chi connectivity index (χ0n) is 23.9. The van der Waals surface area contributed by atoms with Gasteiger partial charge in [-0.05, 0) is 56.9 Å². The first-order valence-electron chi connectivity index (χ1n) is 14.2. The summed E-state index contributed by atoms with van der Waals surface area (Å²) in [4.78, 5) is 18.6. The molecule has 13 heteroatoms. The fourth-order valence-electron chi connectivity index (χ4n) is 5.46. The third-order valence-corrected chi connectivity index (χ3v) is 8.71. The van der Waals surface area contributed by atoms with Crippen molar-refractivity contribution >= 4 is 22.4 Å². The fourth-order valence-corrected chi connectivity index (χ4v) is 6.42. The molecule has 2 aromatic carbocycles. The van der Waals surface area contributed by atoms with Crippen LogP contribution in [0.5, 0.6) is 5.75 Å². The number of nitrogens with zero attached hydrogens (tertiary/aromatic N) is 3. The number of para-hydroxylation sites is 1. The number of methoxy groups -OCH3 is 1. The Bertz CT molecular complexity index is 1650. The lowest BCUT2D eigenvalue weighted by Gasteiger charge is -2.37. The molecule has 0 spiro atoms. The van der Waals surface area contributed by atoms with Crippen LogP contribution < -0.4 is 9.64 Å². The van der Waals surface area contributed by atoms with Crippen LogP contribution in [0.1, 0.15) is 60.2 Å². The van der Waals surface area contributed by atoms with E-state index in [9.17, 15) is 22.4 Å². The summed E-state index contributed by atoms with van der Waals surface area (Å²) in [5.74, 6) is -0.929. The number of carbonyl (C=O) groups is 1. The summed E-state index contributed by atoms with van der Waals surface area (Å²) >= 11 is 1.45. The number of alkyl halides is 3. The van der Waals surface area contributed by atoms with Crippen molar-refractivity contribution in [3.05, 3.63) is 70.5 Å². The van der Waals surface area contributed by atoms with E-state index in [4.69, 9.17) is 14.2 Å². The zero-order valence-corrected chi connectivity index (χ0v) is 24.7. The summed E-state index contributed by atoms with van der Waals surface area (Å²) in [5, 5.41) is 6.80. The van der Waals surface area contributed by atoms with Crippen molar-refractivity contribution in [3.63, 3.8) is 0 Å². The van der Waals surface area contributed by atoms with Gasteiger partial charge in [0.05, 0.1) is 31.1 Å². The minimum Gasteiger partial charge on any atom is -0.465 e. The minimum absolute atomic E-state index is 0.0805. The minimum atomic E-state index is -4.84. The van der Waals surface area contributed by atoms with Gasteiger partial charge in [0.15, 0.2) is 5.13 Å². The summed E-state index contributed by atoms with van der Waals surface area (Å²) in [6, 6.07) is 10.3. The van der Waals surface area contributed by atoms with Crippen molar-refractivity contribution in [2.75, 3.05) is 18.6 Å². The second-order valence-electron chi connectivity index (χ2n) is 10.9. The molecule has 0 N–H and O–H groups in total. The Balaban J connectivity index is 1.13. The van der Waals surface area contributed by atoms with E-state index in [1.807, 2.05) is 5.38 Å². The molecule has 4 aromatic rings. The van der Waals surface area contributed by atoms with Gasteiger partial charge in [0.2, 0.25) is 0 Å². The molecule has 0 unspecified atom stereocenters. The molecule has 1 aliphatic carbocycles. The molecule has 1 saturated heterocycles. The number of aromatic nitrogens is 2. The Labute approximate surface area is 254 Å². The number of hydrogen-bond donors (Lipinski definition) is 0. The molecule has 1 saturated carbocycles. The van der Waals surface area contributed by atoms with Gasteiger partial charge >= 0.3 is 12.3 Å². The van der Waals surface area contributed by atoms with Gasteiger partial charge in [-0.3, -0.25) is 0 Å². The smallest absolute Gasteiger partial charge is 0.465 e. The van der Waals surface area contributed by atoms with Crippen LogP contribution in [0.2, 0.25) is 0 Å².